The van der Waals surface area contributed by atoms with Crippen molar-refractivity contribution in [2.45, 2.75) is 25.3 Å². The van der Waals surface area contributed by atoms with Gasteiger partial charge in [-0.25, -0.2) is 17.5 Å². The zero-order chi connectivity index (χ0) is 18.6. The smallest absolute Gasteiger partial charge is 0.319 e. The van der Waals surface area contributed by atoms with Crippen LogP contribution in [0.15, 0.2) is 47.4 Å². The van der Waals surface area contributed by atoms with E-state index in [1.165, 1.54) is 31.8 Å². The van der Waals surface area contributed by atoms with Gasteiger partial charge in [-0.15, -0.1) is 0 Å². The fraction of sp³-hybridized carbons (Fsp3) is 0.278. The maximum atomic E-state index is 12.1. The molecule has 2 rings (SSSR count). The number of carbonyl (C=O) groups excluding carboxylic acids is 1. The molecule has 0 aliphatic carbocycles. The van der Waals surface area contributed by atoms with Gasteiger partial charge in [0.2, 0.25) is 10.0 Å². The van der Waals surface area contributed by atoms with Gasteiger partial charge in [-0.1, -0.05) is 29.8 Å². The van der Waals surface area contributed by atoms with Crippen LogP contribution < -0.4 is 10.6 Å². The molecule has 0 radical (unpaired) electrons. The number of carbonyl (C=O) groups is 1. The summed E-state index contributed by atoms with van der Waals surface area (Å²) in [5.74, 6) is 0. The van der Waals surface area contributed by atoms with Gasteiger partial charge in [-0.2, -0.15) is 0 Å². The van der Waals surface area contributed by atoms with Crippen molar-refractivity contribution in [3.05, 3.63) is 59.2 Å². The highest BCUT2D eigenvalue weighted by molar-refractivity contribution is 7.89. The van der Waals surface area contributed by atoms with E-state index < -0.39 is 10.0 Å². The van der Waals surface area contributed by atoms with Crippen molar-refractivity contribution in [2.75, 3.05) is 19.4 Å². The highest BCUT2D eigenvalue weighted by atomic mass is 32.2. The van der Waals surface area contributed by atoms with Crippen LogP contribution >= 0.6 is 0 Å². The number of hydrogen-bond acceptors (Lipinski definition) is 3. The summed E-state index contributed by atoms with van der Waals surface area (Å²) in [5.41, 5.74) is 3.73. The molecule has 0 unspecified atom stereocenters. The maximum absolute atomic E-state index is 12.1. The average molecular weight is 361 g/mol. The van der Waals surface area contributed by atoms with E-state index in [1.807, 2.05) is 26.0 Å². The Hall–Kier alpha value is -2.38. The largest absolute Gasteiger partial charge is 0.334 e. The Morgan fingerprint density at radius 2 is 1.80 bits per heavy atom. The van der Waals surface area contributed by atoms with Gasteiger partial charge in [0.15, 0.2) is 0 Å². The molecule has 0 bridgehead atoms. The van der Waals surface area contributed by atoms with Gasteiger partial charge in [0.1, 0.15) is 0 Å². The van der Waals surface area contributed by atoms with Crippen LogP contribution in [0.3, 0.4) is 0 Å². The van der Waals surface area contributed by atoms with Crippen LogP contribution in [-0.4, -0.2) is 32.8 Å². The van der Waals surface area contributed by atoms with Crippen LogP contribution in [-0.2, 0) is 16.6 Å². The summed E-state index contributed by atoms with van der Waals surface area (Å²) >= 11 is 0. The van der Waals surface area contributed by atoms with Gasteiger partial charge in [-0.3, -0.25) is 0 Å². The molecule has 0 fully saturated rings. The molecule has 0 aliphatic heterocycles. The number of amides is 2. The summed E-state index contributed by atoms with van der Waals surface area (Å²) in [7, 11) is -0.610. The molecule has 0 aromatic heterocycles. The van der Waals surface area contributed by atoms with Gasteiger partial charge in [0.25, 0.3) is 0 Å². The lowest BCUT2D eigenvalue weighted by Crippen LogP contribution is -2.28. The van der Waals surface area contributed by atoms with Gasteiger partial charge >= 0.3 is 6.03 Å². The van der Waals surface area contributed by atoms with Crippen molar-refractivity contribution in [1.82, 2.24) is 9.62 Å². The normalized spacial score (nSPS) is 11.4. The lowest BCUT2D eigenvalue weighted by molar-refractivity contribution is 0.251. The Morgan fingerprint density at radius 3 is 2.44 bits per heavy atom. The third-order valence-corrected chi connectivity index (χ3v) is 5.62. The van der Waals surface area contributed by atoms with Crippen LogP contribution in [0.5, 0.6) is 0 Å². The number of hydrogen-bond donors (Lipinski definition) is 2. The van der Waals surface area contributed by atoms with Crippen molar-refractivity contribution in [1.29, 1.82) is 0 Å². The van der Waals surface area contributed by atoms with E-state index in [0.717, 1.165) is 15.4 Å². The predicted octanol–water partition coefficient (Wildman–Crippen LogP) is 2.88. The lowest BCUT2D eigenvalue weighted by atomic mass is 10.1. The predicted molar refractivity (Wildman–Crippen MR) is 99.1 cm³/mol. The van der Waals surface area contributed by atoms with Crippen molar-refractivity contribution in [2.24, 2.45) is 0 Å². The molecule has 6 nitrogen and oxygen atoms in total. The summed E-state index contributed by atoms with van der Waals surface area (Å²) in [6.07, 6.45) is 0. The Morgan fingerprint density at radius 1 is 1.08 bits per heavy atom. The van der Waals surface area contributed by atoms with Crippen LogP contribution in [0.2, 0.25) is 0 Å². The second-order valence-electron chi connectivity index (χ2n) is 6.05. The van der Waals surface area contributed by atoms with E-state index >= 15 is 0 Å². The third kappa shape index (κ3) is 4.80. The molecular weight excluding hydrogens is 338 g/mol. The molecule has 0 aliphatic rings. The first kappa shape index (κ1) is 19.0. The zero-order valence-electron chi connectivity index (χ0n) is 14.8. The Balaban J connectivity index is 2.03. The zero-order valence-corrected chi connectivity index (χ0v) is 15.6. The topological polar surface area (TPSA) is 78.5 Å². The van der Waals surface area contributed by atoms with Crippen LogP contribution in [0.1, 0.15) is 16.7 Å². The molecule has 2 amide bonds. The number of nitrogens with one attached hydrogen (secondary N) is 2. The number of anilines is 1. The molecular formula is C18H23N3O3S. The van der Waals surface area contributed by atoms with Gasteiger partial charge < -0.3 is 10.6 Å². The third-order valence-electron chi connectivity index (χ3n) is 3.81. The molecule has 0 spiro atoms. The lowest BCUT2D eigenvalue weighted by Gasteiger charge is -2.13. The van der Waals surface area contributed by atoms with E-state index in [-0.39, 0.29) is 10.9 Å². The Labute approximate surface area is 148 Å². The second-order valence-corrected chi connectivity index (χ2v) is 8.20. The van der Waals surface area contributed by atoms with Crippen molar-refractivity contribution >= 4 is 21.7 Å². The fourth-order valence-electron chi connectivity index (χ4n) is 2.34. The summed E-state index contributed by atoms with van der Waals surface area (Å²) in [6.45, 7) is 4.41. The van der Waals surface area contributed by atoms with Crippen LogP contribution in [0.25, 0.3) is 0 Å². The molecule has 2 N–H and O–H groups in total. The standard InChI is InChI=1S/C18H23N3O3S/c1-13-8-9-15(14(2)10-13)12-19-18(22)20-16-6-5-7-17(11-16)25(23,24)21(3)4/h5-11H,12H2,1-4H3,(H2,19,20,22). The Bertz CT molecular complexity index is 877. The Kier molecular flexibility index (Phi) is 5.81. The van der Waals surface area contributed by atoms with Crippen molar-refractivity contribution in [3.63, 3.8) is 0 Å². The summed E-state index contributed by atoms with van der Waals surface area (Å²) < 4.78 is 25.4. The molecule has 2 aromatic rings. The average Bonchev–Trinajstić information content (AvgIpc) is 2.54. The molecule has 25 heavy (non-hydrogen) atoms. The van der Waals surface area contributed by atoms with Gasteiger partial charge in [0.05, 0.1) is 4.90 Å². The van der Waals surface area contributed by atoms with Gasteiger partial charge in [0, 0.05) is 26.3 Å². The number of sulfonamides is 1. The SMILES string of the molecule is Cc1ccc(CNC(=O)Nc2cccc(S(=O)(=O)N(C)C)c2)c(C)c1. The highest BCUT2D eigenvalue weighted by Gasteiger charge is 2.17. The monoisotopic (exact) mass is 361 g/mol. The van der Waals surface area contributed by atoms with Crippen LogP contribution in [0, 0.1) is 13.8 Å². The minimum absolute atomic E-state index is 0.129. The number of rotatable bonds is 5. The first-order valence-electron chi connectivity index (χ1n) is 7.84. The molecule has 2 aromatic carbocycles. The fourth-order valence-corrected chi connectivity index (χ4v) is 3.29. The second kappa shape index (κ2) is 7.67. The van der Waals surface area contributed by atoms with Crippen LogP contribution in [0.4, 0.5) is 10.5 Å². The quantitative estimate of drug-likeness (QED) is 0.859. The minimum Gasteiger partial charge on any atom is -0.334 e. The molecule has 0 atom stereocenters. The molecule has 0 heterocycles. The van der Waals surface area contributed by atoms with E-state index in [2.05, 4.69) is 16.7 Å². The minimum atomic E-state index is -3.54. The van der Waals surface area contributed by atoms with Crippen molar-refractivity contribution in [3.8, 4) is 0 Å². The maximum Gasteiger partial charge on any atom is 0.319 e. The van der Waals surface area contributed by atoms with Crippen molar-refractivity contribution < 1.29 is 13.2 Å². The molecule has 7 heteroatoms. The van der Waals surface area contributed by atoms with E-state index in [0.29, 0.717) is 12.2 Å². The first-order chi connectivity index (χ1) is 11.7. The summed E-state index contributed by atoms with van der Waals surface area (Å²) in [4.78, 5) is 12.2. The summed E-state index contributed by atoms with van der Waals surface area (Å²) in [5, 5.41) is 5.44. The number of nitrogens with zero attached hydrogens (tertiary/aromatic N) is 1. The summed E-state index contributed by atoms with van der Waals surface area (Å²) in [6, 6.07) is 11.8. The number of aryl methyl sites for hydroxylation is 2. The van der Waals surface area contributed by atoms with Gasteiger partial charge in [-0.05, 0) is 43.2 Å². The highest BCUT2D eigenvalue weighted by Crippen LogP contribution is 2.18. The number of urea groups is 1. The molecule has 134 valence electrons. The number of benzene rings is 2. The first-order valence-corrected chi connectivity index (χ1v) is 9.28. The van der Waals surface area contributed by atoms with E-state index in [4.69, 9.17) is 0 Å². The van der Waals surface area contributed by atoms with E-state index in [1.54, 1.807) is 12.1 Å². The molecule has 0 saturated heterocycles. The molecule has 0 saturated carbocycles. The van der Waals surface area contributed by atoms with E-state index in [9.17, 15) is 13.2 Å².